The Morgan fingerprint density at radius 2 is 0.620 bits per heavy atom. The molecule has 0 saturated carbocycles. The zero-order chi connectivity index (χ0) is 48.5. The Hall–Kier alpha value is -6.40. The van der Waals surface area contributed by atoms with Gasteiger partial charge in [-0.05, 0) is 124 Å². The second-order valence-electron chi connectivity index (χ2n) is 18.3. The highest BCUT2D eigenvalue weighted by Gasteiger charge is 2.38. The minimum Gasteiger partial charge on any atom is -0.0642 e. The zero-order valence-corrected chi connectivity index (χ0v) is 45.2. The summed E-state index contributed by atoms with van der Waals surface area (Å²) < 4.78 is 4.06. The van der Waals surface area contributed by atoms with Gasteiger partial charge in [0.1, 0.15) is 0 Å². The molecule has 10 aromatic rings. The van der Waals surface area contributed by atoms with Crippen LogP contribution in [0.1, 0.15) is 29.5 Å². The minimum atomic E-state index is -0.399. The number of halogens is 4. The molecular weight excluding hydrogens is 1120 g/mol. The molecule has 0 N–H and O–H groups in total. The fourth-order valence-electron chi connectivity index (χ4n) is 10.1. The highest BCUT2D eigenvalue weighted by atomic mass is 79.9. The molecule has 0 aliphatic heterocycles. The number of rotatable bonds is 10. The van der Waals surface area contributed by atoms with Gasteiger partial charge in [0, 0.05) is 29.2 Å². The molecule has 0 nitrogen and oxygen atoms in total. The summed E-state index contributed by atoms with van der Waals surface area (Å²) >= 11 is 16.5. The molecule has 0 fully saturated rings. The lowest BCUT2D eigenvalue weighted by Crippen LogP contribution is -2.30. The third kappa shape index (κ3) is 9.59. The van der Waals surface area contributed by atoms with Gasteiger partial charge >= 0.3 is 0 Å². The van der Waals surface area contributed by atoms with Gasteiger partial charge in [0.05, 0.1) is 0 Å². The maximum atomic E-state index is 4.13. The Morgan fingerprint density at radius 1 is 0.310 bits per heavy atom. The van der Waals surface area contributed by atoms with Gasteiger partial charge in [-0.2, -0.15) is 0 Å². The van der Waals surface area contributed by atoms with Crippen molar-refractivity contribution < 1.29 is 0 Å². The predicted molar refractivity (Wildman–Crippen MR) is 316 cm³/mol. The van der Waals surface area contributed by atoms with Crippen LogP contribution in [0.25, 0.3) is 83.5 Å². The summed E-state index contributed by atoms with van der Waals surface area (Å²) in [5.74, 6) is 0.0544. The first-order valence-electron chi connectivity index (χ1n) is 23.8. The number of hydrogen-bond acceptors (Lipinski definition) is 0. The third-order valence-corrected chi connectivity index (χ3v) is 16.7. The van der Waals surface area contributed by atoms with Gasteiger partial charge in [-0.1, -0.05) is 301 Å². The van der Waals surface area contributed by atoms with Crippen LogP contribution in [0.15, 0.2) is 273 Å². The monoisotopic (exact) mass is 1170 g/mol. The first kappa shape index (κ1) is 47.0. The van der Waals surface area contributed by atoms with Crippen LogP contribution < -0.4 is 0 Å². The van der Waals surface area contributed by atoms with Crippen molar-refractivity contribution in [3.8, 4) is 77.9 Å². The van der Waals surface area contributed by atoms with Crippen LogP contribution in [0.2, 0.25) is 0 Å². The van der Waals surface area contributed by atoms with Crippen LogP contribution in [-0.2, 0) is 5.41 Å². The summed E-state index contributed by atoms with van der Waals surface area (Å²) in [5, 5.41) is 0. The molecule has 0 heterocycles. The quantitative estimate of drug-likeness (QED) is 0.128. The van der Waals surface area contributed by atoms with E-state index in [0.717, 1.165) is 62.4 Å². The van der Waals surface area contributed by atoms with Gasteiger partial charge in [0.2, 0.25) is 0 Å². The molecule has 1 aliphatic rings. The van der Waals surface area contributed by atoms with Crippen molar-refractivity contribution in [2.45, 2.75) is 18.3 Å². The fourth-order valence-corrected chi connectivity index (χ4v) is 12.4. The third-order valence-electron chi connectivity index (χ3n) is 14.0. The van der Waals surface area contributed by atoms with E-state index in [1.807, 2.05) is 0 Å². The van der Waals surface area contributed by atoms with Crippen molar-refractivity contribution in [2.24, 2.45) is 0 Å². The van der Waals surface area contributed by atoms with Crippen molar-refractivity contribution in [2.75, 3.05) is 0 Å². The molecule has 0 amide bonds. The first-order valence-corrected chi connectivity index (χ1v) is 26.9. The van der Waals surface area contributed by atoms with E-state index in [-0.39, 0.29) is 5.92 Å². The molecule has 0 bridgehead atoms. The van der Waals surface area contributed by atoms with Crippen LogP contribution in [0.3, 0.4) is 0 Å². The van der Waals surface area contributed by atoms with E-state index in [0.29, 0.717) is 0 Å². The topological polar surface area (TPSA) is 0 Å². The molecule has 0 radical (unpaired) electrons. The highest BCUT2D eigenvalue weighted by molar-refractivity contribution is 9.12. The second-order valence-corrected chi connectivity index (χ2v) is 21.8. The zero-order valence-electron chi connectivity index (χ0n) is 38.8. The Kier molecular flexibility index (Phi) is 13.5. The normalized spacial score (nSPS) is 15.5. The average molecular weight is 1170 g/mol. The van der Waals surface area contributed by atoms with Crippen LogP contribution in [0.4, 0.5) is 0 Å². The summed E-state index contributed by atoms with van der Waals surface area (Å²) in [6, 6.07) is 87.7. The Balaban J connectivity index is 0.996. The SMILES string of the molecule is CC1(c2ccc(-c3ccccc3)cc2)C=C(c2cc(Br)c(-c3cc(-c4ccc(-c5ccccc5)cc4)c(-c4ccc(-c5ccccc5)cc4)cc3Br)cc2Br)C(Br)=CC1c1ccc(-c2ccccc2)cc1. The van der Waals surface area contributed by atoms with Gasteiger partial charge < -0.3 is 0 Å². The number of allylic oxidation sites excluding steroid dienone is 4. The lowest BCUT2D eigenvalue weighted by Gasteiger charge is -2.39. The van der Waals surface area contributed by atoms with Crippen molar-refractivity contribution in [1.29, 1.82) is 0 Å². The predicted octanol–water partition coefficient (Wildman–Crippen LogP) is 21.1. The molecule has 0 aromatic heterocycles. The smallest absolute Gasteiger partial charge is 0.0261 e. The summed E-state index contributed by atoms with van der Waals surface area (Å²) in [4.78, 5) is 0. The number of hydrogen-bond donors (Lipinski definition) is 0. The van der Waals surface area contributed by atoms with Crippen molar-refractivity contribution in [3.63, 3.8) is 0 Å². The van der Waals surface area contributed by atoms with Gasteiger partial charge in [-0.15, -0.1) is 0 Å². The summed E-state index contributed by atoms with van der Waals surface area (Å²) in [7, 11) is 0. The summed E-state index contributed by atoms with van der Waals surface area (Å²) in [5.41, 5.74) is 20.7. The van der Waals surface area contributed by atoms with Crippen molar-refractivity contribution in [1.82, 2.24) is 0 Å². The molecule has 0 saturated heterocycles. The standard InChI is InChI=1S/C67H46Br4/c1-67(55-36-34-51(35-37-55)47-20-12-5-13-21-47)43-61(66(71)42-62(67)54-32-26-50(27-33-54)46-18-10-4-11-19-46)60-41-64(69)59(40-65(60)70)58-38-56(52-28-22-48(23-29-52)44-14-6-2-7-15-44)57(39-63(58)68)53-30-24-49(25-31-53)45-16-8-3-9-17-45/h2-43,62H,1H3. The summed E-state index contributed by atoms with van der Waals surface area (Å²) in [6.07, 6.45) is 4.88. The van der Waals surface area contributed by atoms with E-state index in [4.69, 9.17) is 0 Å². The van der Waals surface area contributed by atoms with Crippen LogP contribution >= 0.6 is 63.7 Å². The summed E-state index contributed by atoms with van der Waals surface area (Å²) in [6.45, 7) is 2.38. The Morgan fingerprint density at radius 3 is 1.06 bits per heavy atom. The maximum Gasteiger partial charge on any atom is 0.0261 e. The van der Waals surface area contributed by atoms with Crippen LogP contribution in [0, 0.1) is 0 Å². The van der Waals surface area contributed by atoms with E-state index in [2.05, 4.69) is 325 Å². The second kappa shape index (κ2) is 20.4. The van der Waals surface area contributed by atoms with Crippen LogP contribution in [0.5, 0.6) is 0 Å². The lowest BCUT2D eigenvalue weighted by atomic mass is 9.65. The Bertz CT molecular complexity index is 3570. The van der Waals surface area contributed by atoms with E-state index in [1.165, 1.54) is 55.6 Å². The minimum absolute atomic E-state index is 0.0544. The fraction of sp³-hybridized carbons (Fsp3) is 0.0448. The molecule has 2 unspecified atom stereocenters. The van der Waals surface area contributed by atoms with E-state index < -0.39 is 5.41 Å². The molecular formula is C67H46Br4. The highest BCUT2D eigenvalue weighted by Crippen LogP contribution is 2.52. The van der Waals surface area contributed by atoms with Gasteiger partial charge in [-0.25, -0.2) is 0 Å². The van der Waals surface area contributed by atoms with Crippen LogP contribution in [-0.4, -0.2) is 0 Å². The number of benzene rings is 10. The molecule has 0 spiro atoms. The van der Waals surface area contributed by atoms with E-state index in [1.54, 1.807) is 0 Å². The van der Waals surface area contributed by atoms with E-state index >= 15 is 0 Å². The Labute approximate surface area is 451 Å². The van der Waals surface area contributed by atoms with Crippen molar-refractivity contribution >= 4 is 69.3 Å². The maximum absolute atomic E-state index is 4.13. The molecule has 11 rings (SSSR count). The molecule has 1 aliphatic carbocycles. The van der Waals surface area contributed by atoms with Gasteiger partial charge in [-0.3, -0.25) is 0 Å². The molecule has 71 heavy (non-hydrogen) atoms. The van der Waals surface area contributed by atoms with Gasteiger partial charge in [0.15, 0.2) is 0 Å². The average Bonchev–Trinajstić information content (AvgIpc) is 3.43. The van der Waals surface area contributed by atoms with Crippen molar-refractivity contribution in [3.05, 3.63) is 289 Å². The van der Waals surface area contributed by atoms with E-state index in [9.17, 15) is 0 Å². The molecule has 342 valence electrons. The first-order chi connectivity index (χ1) is 34.7. The molecule has 10 aromatic carbocycles. The molecule has 2 atom stereocenters. The van der Waals surface area contributed by atoms with Gasteiger partial charge in [0.25, 0.3) is 0 Å². The largest absolute Gasteiger partial charge is 0.0642 e. The lowest BCUT2D eigenvalue weighted by molar-refractivity contribution is 0.526. The molecule has 4 heteroatoms.